The summed E-state index contributed by atoms with van der Waals surface area (Å²) in [6.07, 6.45) is 5.14. The van der Waals surface area contributed by atoms with Gasteiger partial charge in [0.25, 0.3) is 11.1 Å². The number of para-hydroxylation sites is 1. The highest BCUT2D eigenvalue weighted by Gasteiger charge is 2.34. The van der Waals surface area contributed by atoms with E-state index >= 15 is 0 Å². The molecule has 1 fully saturated rings. The van der Waals surface area contributed by atoms with Crippen molar-refractivity contribution in [3.8, 4) is 0 Å². The summed E-state index contributed by atoms with van der Waals surface area (Å²) in [5.41, 5.74) is 4.74. The number of anilines is 1. The van der Waals surface area contributed by atoms with Crippen molar-refractivity contribution in [3.05, 3.63) is 107 Å². The molecule has 1 aromatic heterocycles. The average Bonchev–Trinajstić information content (AvgIpc) is 3.37. The van der Waals surface area contributed by atoms with Crippen molar-refractivity contribution in [2.75, 3.05) is 11.9 Å². The Balaban J connectivity index is 1.31. The number of hydrogen-bond donors (Lipinski definition) is 1. The topological polar surface area (TPSA) is 71.4 Å². The minimum atomic E-state index is -0.267. The van der Waals surface area contributed by atoms with E-state index in [1.54, 1.807) is 6.08 Å². The fourth-order valence-electron chi connectivity index (χ4n) is 4.43. The van der Waals surface area contributed by atoms with Crippen molar-refractivity contribution in [2.45, 2.75) is 26.3 Å². The maximum Gasteiger partial charge on any atom is 0.293 e. The maximum atomic E-state index is 13.1. The number of rotatable bonds is 8. The summed E-state index contributed by atoms with van der Waals surface area (Å²) in [5, 5.41) is 3.60. The molecule has 6 nitrogen and oxygen atoms in total. The fourth-order valence-corrected chi connectivity index (χ4v) is 5.29. The highest BCUT2D eigenvalue weighted by Crippen LogP contribution is 2.34. The number of thioether (sulfide) groups is 1. The molecule has 0 bridgehead atoms. The number of hydrogen-bond acceptors (Lipinski definition) is 4. The van der Waals surface area contributed by atoms with Crippen molar-refractivity contribution >= 4 is 51.5 Å². The molecule has 1 aliphatic rings. The molecule has 186 valence electrons. The van der Waals surface area contributed by atoms with Crippen LogP contribution in [0.1, 0.15) is 23.1 Å². The lowest BCUT2D eigenvalue weighted by molar-refractivity contribution is -0.122. The first kappa shape index (κ1) is 24.6. The van der Waals surface area contributed by atoms with E-state index in [1.807, 2.05) is 96.6 Å². The number of amides is 3. The Kier molecular flexibility index (Phi) is 7.23. The lowest BCUT2D eigenvalue weighted by Crippen LogP contribution is -2.29. The van der Waals surface area contributed by atoms with Gasteiger partial charge in [0, 0.05) is 34.9 Å². The van der Waals surface area contributed by atoms with Gasteiger partial charge >= 0.3 is 0 Å². The van der Waals surface area contributed by atoms with Crippen LogP contribution < -0.4 is 5.32 Å². The largest absolute Gasteiger partial charge is 0.337 e. The van der Waals surface area contributed by atoms with Crippen molar-refractivity contribution in [3.63, 3.8) is 0 Å². The van der Waals surface area contributed by atoms with Crippen LogP contribution in [0, 0.1) is 6.92 Å². The van der Waals surface area contributed by atoms with Gasteiger partial charge < -0.3 is 9.88 Å². The second-order valence-corrected chi connectivity index (χ2v) is 10.1. The number of carbonyl (C=O) groups is 3. The molecular weight excluding hydrogens is 482 g/mol. The molecule has 5 rings (SSSR count). The first-order valence-electron chi connectivity index (χ1n) is 12.2. The van der Waals surface area contributed by atoms with Crippen molar-refractivity contribution in [2.24, 2.45) is 0 Å². The summed E-state index contributed by atoms with van der Waals surface area (Å²) < 4.78 is 1.87. The quantitative estimate of drug-likeness (QED) is 0.285. The highest BCUT2D eigenvalue weighted by molar-refractivity contribution is 8.18. The van der Waals surface area contributed by atoms with E-state index < -0.39 is 0 Å². The zero-order valence-electron chi connectivity index (χ0n) is 20.5. The van der Waals surface area contributed by atoms with Crippen LogP contribution in [-0.4, -0.2) is 33.1 Å². The Morgan fingerprint density at radius 1 is 0.946 bits per heavy atom. The zero-order chi connectivity index (χ0) is 25.8. The molecule has 3 aromatic carbocycles. The van der Waals surface area contributed by atoms with Gasteiger partial charge in [-0.1, -0.05) is 66.2 Å². The van der Waals surface area contributed by atoms with Crippen LogP contribution in [0.5, 0.6) is 0 Å². The van der Waals surface area contributed by atoms with Crippen LogP contribution in [0.15, 0.2) is 90.0 Å². The first-order valence-corrected chi connectivity index (χ1v) is 13.0. The average molecular weight is 510 g/mol. The summed E-state index contributed by atoms with van der Waals surface area (Å²) in [4.78, 5) is 40.1. The van der Waals surface area contributed by atoms with Crippen LogP contribution in [0.4, 0.5) is 10.5 Å². The van der Waals surface area contributed by atoms with Crippen LogP contribution in [0.25, 0.3) is 17.0 Å². The number of nitrogens with one attached hydrogen (secondary N) is 1. The SMILES string of the molecule is Cc1ccc(NC(=O)Cn2cc(/C=C3/SC(=O)N(CCCc4ccccc4)C3=O)c3ccccc32)cc1. The van der Waals surface area contributed by atoms with Crippen LogP contribution in [-0.2, 0) is 22.6 Å². The molecule has 0 atom stereocenters. The minimum Gasteiger partial charge on any atom is -0.337 e. The van der Waals surface area contributed by atoms with Gasteiger partial charge in [-0.3, -0.25) is 19.3 Å². The molecule has 0 unspecified atom stereocenters. The van der Waals surface area contributed by atoms with Gasteiger partial charge in [-0.2, -0.15) is 0 Å². The van der Waals surface area contributed by atoms with E-state index in [-0.39, 0.29) is 23.6 Å². The molecule has 1 aliphatic heterocycles. The predicted molar refractivity (Wildman–Crippen MR) is 149 cm³/mol. The highest BCUT2D eigenvalue weighted by atomic mass is 32.2. The van der Waals surface area contributed by atoms with E-state index in [4.69, 9.17) is 0 Å². The maximum absolute atomic E-state index is 13.1. The van der Waals surface area contributed by atoms with Crippen LogP contribution in [0.3, 0.4) is 0 Å². The molecule has 1 saturated heterocycles. The van der Waals surface area contributed by atoms with Gasteiger partial charge in [0.2, 0.25) is 5.91 Å². The van der Waals surface area contributed by atoms with Gasteiger partial charge in [-0.05, 0) is 61.4 Å². The second-order valence-electron chi connectivity index (χ2n) is 9.07. The van der Waals surface area contributed by atoms with Gasteiger partial charge in [0.1, 0.15) is 6.54 Å². The molecule has 37 heavy (non-hydrogen) atoms. The number of carbonyl (C=O) groups excluding carboxylic acids is 3. The van der Waals surface area contributed by atoms with Gasteiger partial charge in [-0.15, -0.1) is 0 Å². The third-order valence-corrected chi connectivity index (χ3v) is 7.23. The zero-order valence-corrected chi connectivity index (χ0v) is 21.3. The Bertz CT molecular complexity index is 1490. The molecule has 2 heterocycles. The lowest BCUT2D eigenvalue weighted by Gasteiger charge is -2.12. The Hall–Kier alpha value is -4.10. The van der Waals surface area contributed by atoms with Gasteiger partial charge in [0.15, 0.2) is 0 Å². The molecule has 3 amide bonds. The van der Waals surface area contributed by atoms with E-state index in [0.29, 0.717) is 17.9 Å². The van der Waals surface area contributed by atoms with Crippen molar-refractivity contribution in [1.82, 2.24) is 9.47 Å². The third-order valence-electron chi connectivity index (χ3n) is 6.32. The molecule has 0 spiro atoms. The first-order chi connectivity index (χ1) is 18.0. The molecule has 0 aliphatic carbocycles. The third kappa shape index (κ3) is 5.67. The van der Waals surface area contributed by atoms with E-state index in [9.17, 15) is 14.4 Å². The number of imide groups is 1. The van der Waals surface area contributed by atoms with Gasteiger partial charge in [0.05, 0.1) is 4.91 Å². The van der Waals surface area contributed by atoms with E-state index in [1.165, 1.54) is 10.5 Å². The summed E-state index contributed by atoms with van der Waals surface area (Å²) in [6.45, 7) is 2.51. The van der Waals surface area contributed by atoms with Crippen LogP contribution in [0.2, 0.25) is 0 Å². The molecule has 7 heteroatoms. The molecule has 0 radical (unpaired) electrons. The minimum absolute atomic E-state index is 0.128. The van der Waals surface area contributed by atoms with Crippen LogP contribution >= 0.6 is 11.8 Å². The summed E-state index contributed by atoms with van der Waals surface area (Å²) in [6, 6.07) is 25.4. The number of fused-ring (bicyclic) bond motifs is 1. The standard InChI is InChI=1S/C30H27N3O3S/c1-21-13-15-24(16-14-21)31-28(34)20-32-19-23(25-11-5-6-12-26(25)32)18-27-29(35)33(30(36)37-27)17-7-10-22-8-3-2-4-9-22/h2-6,8-9,11-16,18-19H,7,10,17,20H2,1H3,(H,31,34)/b27-18+. The molecular formula is C30H27N3O3S. The number of aromatic nitrogens is 1. The number of aryl methyl sites for hydroxylation is 2. The lowest BCUT2D eigenvalue weighted by atomic mass is 10.1. The summed E-state index contributed by atoms with van der Waals surface area (Å²) >= 11 is 0.967. The van der Waals surface area contributed by atoms with Gasteiger partial charge in [-0.25, -0.2) is 0 Å². The monoisotopic (exact) mass is 509 g/mol. The Morgan fingerprint density at radius 2 is 1.68 bits per heavy atom. The fraction of sp³-hybridized carbons (Fsp3) is 0.167. The van der Waals surface area contributed by atoms with Crippen molar-refractivity contribution in [1.29, 1.82) is 0 Å². The number of nitrogens with zero attached hydrogens (tertiary/aromatic N) is 2. The molecule has 1 N–H and O–H groups in total. The molecule has 4 aromatic rings. The summed E-state index contributed by atoms with van der Waals surface area (Å²) in [5.74, 6) is -0.410. The number of benzene rings is 3. The molecule has 0 saturated carbocycles. The Labute approximate surface area is 220 Å². The second kappa shape index (κ2) is 10.9. The van der Waals surface area contributed by atoms with E-state index in [0.717, 1.165) is 45.9 Å². The van der Waals surface area contributed by atoms with E-state index in [2.05, 4.69) is 5.32 Å². The summed E-state index contributed by atoms with van der Waals surface area (Å²) in [7, 11) is 0. The normalized spacial score (nSPS) is 14.6. The predicted octanol–water partition coefficient (Wildman–Crippen LogP) is 6.26. The Morgan fingerprint density at radius 3 is 2.46 bits per heavy atom. The smallest absolute Gasteiger partial charge is 0.293 e. The van der Waals surface area contributed by atoms with Crippen molar-refractivity contribution < 1.29 is 14.4 Å².